The van der Waals surface area contributed by atoms with E-state index in [-0.39, 0.29) is 22.8 Å². The zero-order chi connectivity index (χ0) is 12.2. The summed E-state index contributed by atoms with van der Waals surface area (Å²) in [7, 11) is 0. The van der Waals surface area contributed by atoms with Gasteiger partial charge in [-0.3, -0.25) is 5.41 Å². The molecule has 0 spiro atoms. The third-order valence-corrected chi connectivity index (χ3v) is 2.87. The van der Waals surface area contributed by atoms with Crippen molar-refractivity contribution in [3.63, 3.8) is 0 Å². The molecule has 0 radical (unpaired) electrons. The van der Waals surface area contributed by atoms with Gasteiger partial charge in [0.15, 0.2) is 0 Å². The van der Waals surface area contributed by atoms with Crippen molar-refractivity contribution in [1.29, 1.82) is 10.7 Å². The number of nitrogen functional groups attached to an aromatic ring is 1. The predicted molar refractivity (Wildman–Crippen MR) is 64.1 cm³/mol. The van der Waals surface area contributed by atoms with Gasteiger partial charge in [-0.25, -0.2) is 4.98 Å². The number of allylic oxidation sites excluding steroid dienone is 1. The number of aromatic amines is 1. The summed E-state index contributed by atoms with van der Waals surface area (Å²) in [5.74, 6) is 0.227. The predicted octanol–water partition coefficient (Wildman–Crippen LogP) is 0.720. The van der Waals surface area contributed by atoms with Crippen LogP contribution in [0.1, 0.15) is 11.1 Å². The number of pyridine rings is 1. The number of hydrogen-bond donors (Lipinski definition) is 4. The van der Waals surface area contributed by atoms with E-state index < -0.39 is 0 Å². The Morgan fingerprint density at radius 1 is 1.35 bits per heavy atom. The Balaban J connectivity index is 2.53. The second-order valence-corrected chi connectivity index (χ2v) is 3.76. The van der Waals surface area contributed by atoms with Gasteiger partial charge < -0.3 is 16.5 Å². The van der Waals surface area contributed by atoms with Crippen molar-refractivity contribution in [3.05, 3.63) is 29.0 Å². The van der Waals surface area contributed by atoms with E-state index in [0.717, 1.165) is 0 Å². The highest BCUT2D eigenvalue weighted by Gasteiger charge is 2.30. The van der Waals surface area contributed by atoms with E-state index in [1.54, 1.807) is 12.3 Å². The molecule has 2 aromatic heterocycles. The SMILES string of the molecule is N#CC1=C(N)c2c(c(N)nc3cc[nH]c23)C1=N. The maximum absolute atomic E-state index is 8.99. The Hall–Kier alpha value is -2.81. The Kier molecular flexibility index (Phi) is 1.58. The van der Waals surface area contributed by atoms with Crippen molar-refractivity contribution in [3.8, 4) is 6.07 Å². The van der Waals surface area contributed by atoms with Gasteiger partial charge in [0.1, 0.15) is 17.5 Å². The molecule has 0 unspecified atom stereocenters. The highest BCUT2D eigenvalue weighted by molar-refractivity contribution is 6.28. The molecule has 3 rings (SSSR count). The molecule has 0 bridgehead atoms. The summed E-state index contributed by atoms with van der Waals surface area (Å²) in [4.78, 5) is 7.18. The van der Waals surface area contributed by atoms with Gasteiger partial charge >= 0.3 is 0 Å². The van der Waals surface area contributed by atoms with Crippen LogP contribution in [0.25, 0.3) is 16.7 Å². The average molecular weight is 224 g/mol. The summed E-state index contributed by atoms with van der Waals surface area (Å²) >= 11 is 0. The van der Waals surface area contributed by atoms with Gasteiger partial charge in [0, 0.05) is 11.8 Å². The minimum absolute atomic E-state index is 0.0431. The lowest BCUT2D eigenvalue weighted by Gasteiger charge is -2.05. The molecule has 17 heavy (non-hydrogen) atoms. The van der Waals surface area contributed by atoms with E-state index in [1.807, 2.05) is 6.07 Å². The van der Waals surface area contributed by atoms with E-state index in [1.165, 1.54) is 0 Å². The van der Waals surface area contributed by atoms with Crippen LogP contribution in [0.15, 0.2) is 17.8 Å². The van der Waals surface area contributed by atoms with Gasteiger partial charge in [0.05, 0.1) is 28.0 Å². The third-order valence-electron chi connectivity index (χ3n) is 2.87. The molecule has 0 aromatic carbocycles. The molecule has 6 nitrogen and oxygen atoms in total. The van der Waals surface area contributed by atoms with E-state index in [0.29, 0.717) is 22.2 Å². The van der Waals surface area contributed by atoms with Crippen LogP contribution in [0.4, 0.5) is 5.82 Å². The molecule has 2 aromatic rings. The summed E-state index contributed by atoms with van der Waals surface area (Å²) in [6.07, 6.45) is 1.72. The van der Waals surface area contributed by atoms with Crippen LogP contribution in [0, 0.1) is 16.7 Å². The fourth-order valence-electron chi connectivity index (χ4n) is 2.12. The molecule has 0 aliphatic heterocycles. The number of H-pyrrole nitrogens is 1. The van der Waals surface area contributed by atoms with Crippen LogP contribution in [0.3, 0.4) is 0 Å². The highest BCUT2D eigenvalue weighted by atomic mass is 14.9. The molecule has 0 saturated carbocycles. The highest BCUT2D eigenvalue weighted by Crippen LogP contribution is 2.36. The molecule has 82 valence electrons. The normalized spacial score (nSPS) is 14.2. The summed E-state index contributed by atoms with van der Waals surface area (Å²) in [6.45, 7) is 0. The summed E-state index contributed by atoms with van der Waals surface area (Å²) in [6, 6.07) is 3.70. The fraction of sp³-hybridized carbons (Fsp3) is 0. The molecule has 2 heterocycles. The number of rotatable bonds is 0. The van der Waals surface area contributed by atoms with Gasteiger partial charge in [-0.15, -0.1) is 0 Å². The van der Waals surface area contributed by atoms with Crippen molar-refractivity contribution >= 4 is 28.3 Å². The Morgan fingerprint density at radius 2 is 2.12 bits per heavy atom. The minimum atomic E-state index is 0.0431. The van der Waals surface area contributed by atoms with Gasteiger partial charge in [0.2, 0.25) is 0 Å². The van der Waals surface area contributed by atoms with Crippen LogP contribution in [0.2, 0.25) is 0 Å². The van der Waals surface area contributed by atoms with E-state index >= 15 is 0 Å². The van der Waals surface area contributed by atoms with Crippen LogP contribution >= 0.6 is 0 Å². The number of fused-ring (bicyclic) bond motifs is 3. The van der Waals surface area contributed by atoms with Crippen molar-refractivity contribution < 1.29 is 0 Å². The monoisotopic (exact) mass is 224 g/mol. The summed E-state index contributed by atoms with van der Waals surface area (Å²) < 4.78 is 0. The lowest BCUT2D eigenvalue weighted by atomic mass is 10.1. The van der Waals surface area contributed by atoms with Crippen molar-refractivity contribution in [2.24, 2.45) is 5.73 Å². The first kappa shape index (κ1) is 9.42. The first-order chi connectivity index (χ1) is 8.15. The third kappa shape index (κ3) is 0.973. The number of aromatic nitrogens is 2. The van der Waals surface area contributed by atoms with Crippen LogP contribution < -0.4 is 11.5 Å². The quantitative estimate of drug-likeness (QED) is 0.525. The standard InChI is InChI=1S/C11H8N6/c12-3-4-8(13)6-7(9(4)14)11(15)17-5-1-2-16-10(5)6/h1-2,14,16H,13H2,(H2,15,17). The zero-order valence-corrected chi connectivity index (χ0v) is 8.70. The Labute approximate surface area is 96.1 Å². The maximum Gasteiger partial charge on any atom is 0.134 e. The molecular formula is C11H8N6. The number of hydrogen-bond acceptors (Lipinski definition) is 5. The Morgan fingerprint density at radius 3 is 2.82 bits per heavy atom. The number of nitrogens with one attached hydrogen (secondary N) is 2. The number of nitrogens with zero attached hydrogens (tertiary/aromatic N) is 2. The molecule has 6 heteroatoms. The molecule has 0 fully saturated rings. The number of nitriles is 1. The molecule has 0 atom stereocenters. The molecular weight excluding hydrogens is 216 g/mol. The van der Waals surface area contributed by atoms with Gasteiger partial charge in [-0.05, 0) is 6.07 Å². The first-order valence-electron chi connectivity index (χ1n) is 4.91. The van der Waals surface area contributed by atoms with E-state index in [4.69, 9.17) is 22.1 Å². The molecule has 1 aliphatic carbocycles. The van der Waals surface area contributed by atoms with Crippen molar-refractivity contribution in [2.45, 2.75) is 0 Å². The average Bonchev–Trinajstić information content (AvgIpc) is 2.83. The Bertz CT molecular complexity index is 743. The van der Waals surface area contributed by atoms with Gasteiger partial charge in [-0.1, -0.05) is 0 Å². The van der Waals surface area contributed by atoms with Crippen LogP contribution in [-0.2, 0) is 0 Å². The lowest BCUT2D eigenvalue weighted by molar-refractivity contribution is 1.37. The maximum atomic E-state index is 8.99. The van der Waals surface area contributed by atoms with Gasteiger partial charge in [-0.2, -0.15) is 5.26 Å². The second kappa shape index (κ2) is 2.86. The smallest absolute Gasteiger partial charge is 0.134 e. The van der Waals surface area contributed by atoms with Crippen LogP contribution in [-0.4, -0.2) is 15.7 Å². The fourth-order valence-corrected chi connectivity index (χ4v) is 2.12. The zero-order valence-electron chi connectivity index (χ0n) is 8.70. The van der Waals surface area contributed by atoms with E-state index in [9.17, 15) is 0 Å². The molecule has 0 amide bonds. The summed E-state index contributed by atoms with van der Waals surface area (Å²) in [5, 5.41) is 16.9. The topological polar surface area (TPSA) is 128 Å². The van der Waals surface area contributed by atoms with Crippen molar-refractivity contribution in [1.82, 2.24) is 9.97 Å². The largest absolute Gasteiger partial charge is 0.397 e. The second-order valence-electron chi connectivity index (χ2n) is 3.76. The van der Waals surface area contributed by atoms with Gasteiger partial charge in [0.25, 0.3) is 0 Å². The first-order valence-corrected chi connectivity index (χ1v) is 4.91. The lowest BCUT2D eigenvalue weighted by Crippen LogP contribution is -2.05. The van der Waals surface area contributed by atoms with Crippen LogP contribution in [0.5, 0.6) is 0 Å². The van der Waals surface area contributed by atoms with Crippen molar-refractivity contribution in [2.75, 3.05) is 5.73 Å². The van der Waals surface area contributed by atoms with E-state index in [2.05, 4.69) is 9.97 Å². The minimum Gasteiger partial charge on any atom is -0.397 e. The molecule has 6 N–H and O–H groups in total. The molecule has 0 saturated heterocycles. The number of anilines is 1. The summed E-state index contributed by atoms with van der Waals surface area (Å²) in [5.41, 5.74) is 14.6. The molecule has 1 aliphatic rings. The number of nitrogens with two attached hydrogens (primary N) is 2.